The highest BCUT2D eigenvalue weighted by Crippen LogP contribution is 2.65. The van der Waals surface area contributed by atoms with Gasteiger partial charge in [0.1, 0.15) is 24.4 Å². The van der Waals surface area contributed by atoms with Crippen LogP contribution in [-0.2, 0) is 16.0 Å². The topological polar surface area (TPSA) is 178 Å². The molecule has 0 bridgehead atoms. The van der Waals surface area contributed by atoms with Gasteiger partial charge < -0.3 is 31.3 Å². The maximum Gasteiger partial charge on any atom is 0.230 e. The zero-order valence-corrected chi connectivity index (χ0v) is 20.8. The summed E-state index contributed by atoms with van der Waals surface area (Å²) in [6, 6.07) is 2.85. The fourth-order valence-electron chi connectivity index (χ4n) is 7.78. The molecule has 9 nitrogen and oxygen atoms in total. The lowest BCUT2D eigenvalue weighted by atomic mass is 9.39. The Morgan fingerprint density at radius 2 is 1.86 bits per heavy atom. The molecule has 0 saturated heterocycles. The van der Waals surface area contributed by atoms with Crippen molar-refractivity contribution in [1.29, 1.82) is 0 Å². The smallest absolute Gasteiger partial charge is 0.230 e. The van der Waals surface area contributed by atoms with E-state index in [1.807, 2.05) is 0 Å². The zero-order chi connectivity index (χ0) is 27.0. The Bertz CT molecular complexity index is 1210. The number of nitrogens with two attached hydrogens (primary N) is 1. The molecule has 0 spiro atoms. The summed E-state index contributed by atoms with van der Waals surface area (Å²) in [4.78, 5) is 39.7. The Balaban J connectivity index is 1.97. The Morgan fingerprint density at radius 1 is 1.22 bits per heavy atom. The highest BCUT2D eigenvalue weighted by molar-refractivity contribution is 6.09. The average molecular weight is 500 g/mol. The largest absolute Gasteiger partial charge is 0.507 e. The number of hydrogen-bond acceptors (Lipinski definition) is 8. The van der Waals surface area contributed by atoms with Crippen LogP contribution in [0.3, 0.4) is 0 Å². The molecule has 2 unspecified atom stereocenters. The van der Waals surface area contributed by atoms with Crippen LogP contribution in [-0.4, -0.2) is 67.4 Å². The van der Waals surface area contributed by atoms with Gasteiger partial charge in [0.2, 0.25) is 5.91 Å². The number of phenols is 1. The number of fused-ring (bicyclic) bond motifs is 3. The van der Waals surface area contributed by atoms with Crippen molar-refractivity contribution in [2.75, 3.05) is 6.61 Å². The molecule has 0 radical (unpaired) electrons. The summed E-state index contributed by atoms with van der Waals surface area (Å²) in [6.45, 7) is 6.56. The number of primary amides is 1. The van der Waals surface area contributed by atoms with Crippen molar-refractivity contribution in [1.82, 2.24) is 0 Å². The summed E-state index contributed by atoms with van der Waals surface area (Å²) in [5.41, 5.74) is 1.36. The summed E-state index contributed by atoms with van der Waals surface area (Å²) >= 11 is 0. The Labute approximate surface area is 209 Å². The van der Waals surface area contributed by atoms with E-state index >= 15 is 0 Å². The van der Waals surface area contributed by atoms with E-state index in [0.717, 1.165) is 0 Å². The van der Waals surface area contributed by atoms with E-state index < -0.39 is 70.5 Å². The number of carbonyl (C=O) groups is 3. The van der Waals surface area contributed by atoms with Crippen LogP contribution in [0.15, 0.2) is 12.1 Å². The average Bonchev–Trinajstić information content (AvgIpc) is 2.75. The second-order valence-corrected chi connectivity index (χ2v) is 11.4. The van der Waals surface area contributed by atoms with Gasteiger partial charge in [-0.25, -0.2) is 0 Å². The van der Waals surface area contributed by atoms with Crippen molar-refractivity contribution >= 4 is 17.5 Å². The molecule has 0 aromatic heterocycles. The molecular formula is C27H33NO8. The van der Waals surface area contributed by atoms with E-state index in [2.05, 4.69) is 11.8 Å². The van der Waals surface area contributed by atoms with Crippen molar-refractivity contribution in [2.45, 2.75) is 58.3 Å². The van der Waals surface area contributed by atoms with Gasteiger partial charge in [-0.2, -0.15) is 0 Å². The van der Waals surface area contributed by atoms with Crippen LogP contribution in [0.25, 0.3) is 0 Å². The van der Waals surface area contributed by atoms with Crippen molar-refractivity contribution in [2.24, 2.45) is 40.2 Å². The first-order valence-corrected chi connectivity index (χ1v) is 12.1. The first kappa shape index (κ1) is 26.3. The van der Waals surface area contributed by atoms with Crippen molar-refractivity contribution < 1.29 is 39.9 Å². The van der Waals surface area contributed by atoms with Crippen LogP contribution in [0.5, 0.6) is 5.75 Å². The number of carbonyl (C=O) groups excluding carboxylic acids is 3. The maximum absolute atomic E-state index is 13.9. The lowest BCUT2D eigenvalue weighted by Crippen LogP contribution is -2.79. The van der Waals surface area contributed by atoms with Crippen molar-refractivity contribution in [3.63, 3.8) is 0 Å². The fourth-order valence-corrected chi connectivity index (χ4v) is 7.78. The molecule has 1 amide bonds. The number of hydrogen-bond donors (Lipinski definition) is 6. The summed E-state index contributed by atoms with van der Waals surface area (Å²) in [5.74, 6) is -1.97. The van der Waals surface area contributed by atoms with Gasteiger partial charge >= 0.3 is 0 Å². The molecule has 7 N–H and O–H groups in total. The number of Topliss-reactive ketones (excluding diaryl/α,β-unsaturated/α-hetero) is 2. The minimum Gasteiger partial charge on any atom is -0.507 e. The first-order chi connectivity index (χ1) is 16.7. The van der Waals surface area contributed by atoms with Crippen LogP contribution in [0.4, 0.5) is 0 Å². The van der Waals surface area contributed by atoms with Crippen molar-refractivity contribution in [3.8, 4) is 17.6 Å². The third-order valence-corrected chi connectivity index (χ3v) is 8.97. The highest BCUT2D eigenvalue weighted by Gasteiger charge is 2.75. The van der Waals surface area contributed by atoms with Crippen LogP contribution in [0, 0.1) is 46.3 Å². The lowest BCUT2D eigenvalue weighted by Gasteiger charge is -2.66. The number of aliphatic hydroxyl groups is 4. The van der Waals surface area contributed by atoms with Crippen molar-refractivity contribution in [3.05, 3.63) is 28.8 Å². The lowest BCUT2D eigenvalue weighted by molar-refractivity contribution is -0.265. The molecule has 0 heterocycles. The second kappa shape index (κ2) is 8.38. The third-order valence-electron chi connectivity index (χ3n) is 8.97. The Kier molecular flexibility index (Phi) is 6.12. The van der Waals surface area contributed by atoms with Gasteiger partial charge in [0.15, 0.2) is 17.2 Å². The van der Waals surface area contributed by atoms with Gasteiger partial charge in [-0.1, -0.05) is 39.5 Å². The molecule has 9 heteroatoms. The molecule has 2 saturated carbocycles. The predicted molar refractivity (Wildman–Crippen MR) is 127 cm³/mol. The zero-order valence-electron chi connectivity index (χ0n) is 20.8. The van der Waals surface area contributed by atoms with Gasteiger partial charge in [0.25, 0.3) is 0 Å². The van der Waals surface area contributed by atoms with E-state index in [-0.39, 0.29) is 30.1 Å². The molecule has 194 valence electrons. The number of ketones is 2. The number of phenolic OH excluding ortho intramolecular Hbond substituents is 1. The molecule has 3 aliphatic rings. The van der Waals surface area contributed by atoms with Crippen LogP contribution in [0.2, 0.25) is 0 Å². The van der Waals surface area contributed by atoms with E-state index in [1.165, 1.54) is 6.07 Å². The number of benzene rings is 1. The first-order valence-electron chi connectivity index (χ1n) is 12.1. The predicted octanol–water partition coefficient (Wildman–Crippen LogP) is -0.0834. The van der Waals surface area contributed by atoms with Gasteiger partial charge in [0.05, 0.1) is 17.6 Å². The molecule has 3 aliphatic carbocycles. The van der Waals surface area contributed by atoms with Crippen LogP contribution < -0.4 is 5.73 Å². The van der Waals surface area contributed by atoms with Crippen LogP contribution >= 0.6 is 0 Å². The monoisotopic (exact) mass is 499 g/mol. The normalized spacial score (nSPS) is 39.5. The molecule has 36 heavy (non-hydrogen) atoms. The summed E-state index contributed by atoms with van der Waals surface area (Å²) in [7, 11) is 0. The number of amides is 1. The number of aliphatic hydroxyl groups excluding tert-OH is 3. The maximum atomic E-state index is 13.9. The fraction of sp³-hybridized carbons (Fsp3) is 0.593. The van der Waals surface area contributed by atoms with E-state index in [4.69, 9.17) is 10.8 Å². The number of rotatable bonds is 2. The molecular weight excluding hydrogens is 466 g/mol. The van der Waals surface area contributed by atoms with Gasteiger partial charge in [-0.15, -0.1) is 0 Å². The van der Waals surface area contributed by atoms with Gasteiger partial charge in [-0.3, -0.25) is 14.4 Å². The summed E-state index contributed by atoms with van der Waals surface area (Å²) in [5, 5.41) is 54.6. The minimum absolute atomic E-state index is 0.0522. The van der Waals surface area contributed by atoms with Crippen LogP contribution in [0.1, 0.15) is 55.6 Å². The number of aromatic hydroxyl groups is 1. The highest BCUT2D eigenvalue weighted by atomic mass is 16.4. The summed E-state index contributed by atoms with van der Waals surface area (Å²) in [6.07, 6.45) is -3.16. The molecule has 8 atom stereocenters. The van der Waals surface area contributed by atoms with E-state index in [9.17, 15) is 34.8 Å². The minimum atomic E-state index is -2.54. The Morgan fingerprint density at radius 3 is 2.42 bits per heavy atom. The quantitative estimate of drug-likeness (QED) is 0.241. The molecule has 2 fully saturated rings. The van der Waals surface area contributed by atoms with E-state index in [1.54, 1.807) is 33.8 Å². The standard InChI is InChI=1S/C27H33NO8/c1-12(2)18-21(32)17(24(28)35)22(33)27(36)23(34)19-20(31)16-14(10-25(19,3)11-26(18,27)4)13(6-5-9-29)7-8-15(16)30/h7-8,12,17-19,21,23,29-30,32,34,36H,9-11H2,1-4H3,(H2,28,35)/t17-,18+,19-,21?,23?,25-,26-,27+/m1/s1. The molecule has 4 rings (SSSR count). The molecule has 1 aromatic carbocycles. The Hall–Kier alpha value is -2.77. The summed E-state index contributed by atoms with van der Waals surface area (Å²) < 4.78 is 0. The molecule has 0 aliphatic heterocycles. The second-order valence-electron chi connectivity index (χ2n) is 11.4. The van der Waals surface area contributed by atoms with Gasteiger partial charge in [-0.05, 0) is 47.8 Å². The van der Waals surface area contributed by atoms with Gasteiger partial charge in [0, 0.05) is 11.0 Å². The van der Waals surface area contributed by atoms with E-state index in [0.29, 0.717) is 11.1 Å². The molecule has 1 aromatic rings. The third kappa shape index (κ3) is 3.21. The SMILES string of the molecule is CC(C)[C@H]1C(O)[C@@H](C(N)=O)C(=O)[C@]2(O)C(O)[C@H]3C(=O)c4c(O)ccc(C#CCO)c4C[C@]3(C)C[C@]12C.